The van der Waals surface area contributed by atoms with Gasteiger partial charge in [-0.1, -0.05) is 79.7 Å². The van der Waals surface area contributed by atoms with E-state index < -0.39 is 13.0 Å². The fourth-order valence-corrected chi connectivity index (χ4v) is 4.84. The van der Waals surface area contributed by atoms with Crippen LogP contribution in [0.25, 0.3) is 0 Å². The van der Waals surface area contributed by atoms with Crippen LogP contribution in [0.3, 0.4) is 0 Å². The van der Waals surface area contributed by atoms with E-state index in [-0.39, 0.29) is 18.6 Å². The first-order valence-corrected chi connectivity index (χ1v) is 17.7. The minimum absolute atomic E-state index is 0.230. The van der Waals surface area contributed by atoms with E-state index in [9.17, 15) is 13.2 Å². The van der Waals surface area contributed by atoms with Crippen LogP contribution in [0.1, 0.15) is 91.5 Å². The Balaban J connectivity index is 0.000000445. The van der Waals surface area contributed by atoms with E-state index in [2.05, 4.69) is 59.1 Å². The summed E-state index contributed by atoms with van der Waals surface area (Å²) in [6.45, 7) is 24.8. The summed E-state index contributed by atoms with van der Waals surface area (Å²) in [5.41, 5.74) is 3.73. The van der Waals surface area contributed by atoms with Crippen molar-refractivity contribution in [3.63, 3.8) is 0 Å². The smallest absolute Gasteiger partial charge is 0.485 e. The van der Waals surface area contributed by atoms with Crippen molar-refractivity contribution in [2.75, 3.05) is 39.4 Å². The monoisotopic (exact) mass is 694 g/mol. The second kappa shape index (κ2) is 23.9. The number of ether oxygens (including phenoxy) is 4. The minimum atomic E-state index is -4.64. The summed E-state index contributed by atoms with van der Waals surface area (Å²) in [6, 6.07) is 11.3. The van der Waals surface area contributed by atoms with Gasteiger partial charge in [0.25, 0.3) is 0 Å². The molecular weight excluding hydrogens is 633 g/mol. The summed E-state index contributed by atoms with van der Waals surface area (Å²) >= 11 is 0. The lowest BCUT2D eigenvalue weighted by Crippen LogP contribution is -2.25. The Morgan fingerprint density at radius 3 is 1.43 bits per heavy atom. The second-order valence-electron chi connectivity index (χ2n) is 12.2. The van der Waals surface area contributed by atoms with Crippen LogP contribution in [0.4, 0.5) is 13.2 Å². The van der Waals surface area contributed by atoms with Crippen molar-refractivity contribution < 1.29 is 32.1 Å². The molecule has 0 saturated heterocycles. The topological polar surface area (TPSA) is 85.7 Å². The van der Waals surface area contributed by atoms with E-state index in [1.165, 1.54) is 11.1 Å². The number of hydrogen-bond acceptors (Lipinski definition) is 8. The number of aliphatic imine (C=N–C) groups is 2. The number of rotatable bonds is 15. The zero-order valence-corrected chi connectivity index (χ0v) is 31.4. The molecule has 0 saturated carbocycles. The molecule has 11 heteroatoms. The highest BCUT2D eigenvalue weighted by Crippen LogP contribution is 2.29. The predicted molar refractivity (Wildman–Crippen MR) is 195 cm³/mol. The van der Waals surface area contributed by atoms with Gasteiger partial charge in [0.15, 0.2) is 0 Å². The van der Waals surface area contributed by atoms with Crippen LogP contribution in [-0.4, -0.2) is 63.5 Å². The summed E-state index contributed by atoms with van der Waals surface area (Å²) in [6.07, 6.45) is -2.80. The molecule has 2 aliphatic rings. The molecule has 49 heavy (non-hydrogen) atoms. The van der Waals surface area contributed by atoms with Gasteiger partial charge in [-0.2, -0.15) is 0 Å². The number of nitrogens with zero attached hydrogens (tertiary/aromatic N) is 2. The molecule has 2 heterocycles. The highest BCUT2D eigenvalue weighted by molar-refractivity contribution is 5.85. The summed E-state index contributed by atoms with van der Waals surface area (Å²) in [7, 11) is 0. The van der Waals surface area contributed by atoms with Crippen molar-refractivity contribution in [1.82, 2.24) is 10.6 Å². The van der Waals surface area contributed by atoms with Gasteiger partial charge in [-0.25, -0.2) is 0 Å². The van der Waals surface area contributed by atoms with Gasteiger partial charge in [-0.05, 0) is 72.9 Å². The zero-order valence-electron chi connectivity index (χ0n) is 31.4. The number of nitrogens with one attached hydrogen (secondary N) is 2. The molecule has 0 radical (unpaired) electrons. The van der Waals surface area contributed by atoms with E-state index in [1.54, 1.807) is 18.2 Å². The van der Waals surface area contributed by atoms with Crippen LogP contribution >= 0.6 is 0 Å². The predicted octanol–water partition coefficient (Wildman–Crippen LogP) is 8.55. The Labute approximate surface area is 293 Å². The molecule has 2 aromatic carbocycles. The van der Waals surface area contributed by atoms with Gasteiger partial charge in [-0.3, -0.25) is 14.7 Å². The Morgan fingerprint density at radius 1 is 0.653 bits per heavy atom. The maximum atomic E-state index is 12.3. The highest BCUT2D eigenvalue weighted by Gasteiger charge is 2.29. The summed E-state index contributed by atoms with van der Waals surface area (Å²) < 4.78 is 58.5. The maximum Gasteiger partial charge on any atom is 0.522 e. The molecule has 0 aliphatic carbocycles. The third-order valence-corrected chi connectivity index (χ3v) is 6.86. The zero-order chi connectivity index (χ0) is 36.8. The number of alkyl halides is 3. The standard InChI is InChI=1S/C18H28N2O2.C16H21F3N2O2.2C2H6/c1-13(2)10-16-15(11-21-14(3)4)6-5-7-17(16)22-12-18-19-8-9-20-18;1-11(2)8-13-12(9-23-16(17,18)19)4-3-5-14(13)22-10-15-20-6-7-21-15;2*1-2/h5-7,13-14H,8-12H2,1-4H3,(H,19,20);3-5,11H,6-10H2,1-2H3,(H,20,21);2*1-2H3. The normalized spacial score (nSPS) is 13.6. The summed E-state index contributed by atoms with van der Waals surface area (Å²) in [5.74, 6) is 4.10. The number of hydrogen-bond donors (Lipinski definition) is 2. The summed E-state index contributed by atoms with van der Waals surface area (Å²) in [5, 5.41) is 6.34. The molecule has 0 aromatic heterocycles. The van der Waals surface area contributed by atoms with Gasteiger partial charge in [0.2, 0.25) is 0 Å². The van der Waals surface area contributed by atoms with Gasteiger partial charge in [0.1, 0.15) is 36.4 Å². The fraction of sp³-hybridized carbons (Fsp3) is 0.632. The van der Waals surface area contributed by atoms with E-state index in [1.807, 2.05) is 53.7 Å². The molecule has 0 atom stereocenters. The van der Waals surface area contributed by atoms with Crippen molar-refractivity contribution in [3.8, 4) is 11.5 Å². The van der Waals surface area contributed by atoms with Crippen molar-refractivity contribution in [1.29, 1.82) is 0 Å². The van der Waals surface area contributed by atoms with Crippen LogP contribution in [-0.2, 0) is 35.5 Å². The molecule has 2 N–H and O–H groups in total. The third-order valence-electron chi connectivity index (χ3n) is 6.86. The SMILES string of the molecule is CC.CC.CC(C)Cc1c(COC(C)C)cccc1OCC1=NCCN1.CC(C)Cc1c(COC(F)(F)F)cccc1OCC1=NCCN1. The van der Waals surface area contributed by atoms with E-state index in [4.69, 9.17) is 14.2 Å². The van der Waals surface area contributed by atoms with Crippen molar-refractivity contribution in [2.45, 2.75) is 108 Å². The Kier molecular flexibility index (Phi) is 21.4. The van der Waals surface area contributed by atoms with Crippen LogP contribution in [0, 0.1) is 11.8 Å². The molecule has 2 aliphatic heterocycles. The van der Waals surface area contributed by atoms with Crippen molar-refractivity contribution >= 4 is 11.7 Å². The maximum absolute atomic E-state index is 12.3. The van der Waals surface area contributed by atoms with E-state index in [0.717, 1.165) is 55.6 Å². The molecular formula is C38H61F3N4O4. The third kappa shape index (κ3) is 17.8. The first-order chi connectivity index (χ1) is 23.4. The minimum Gasteiger partial charge on any atom is -0.485 e. The second-order valence-corrected chi connectivity index (χ2v) is 12.2. The Bertz CT molecular complexity index is 1260. The van der Waals surface area contributed by atoms with Gasteiger partial charge >= 0.3 is 6.36 Å². The van der Waals surface area contributed by atoms with Gasteiger partial charge in [0.05, 0.1) is 32.4 Å². The summed E-state index contributed by atoms with van der Waals surface area (Å²) in [4.78, 5) is 8.62. The van der Waals surface area contributed by atoms with Crippen molar-refractivity contribution in [3.05, 3.63) is 58.7 Å². The highest BCUT2D eigenvalue weighted by atomic mass is 19.4. The van der Waals surface area contributed by atoms with Gasteiger partial charge in [-0.15, -0.1) is 13.2 Å². The van der Waals surface area contributed by atoms with Crippen molar-refractivity contribution in [2.24, 2.45) is 21.8 Å². The largest absolute Gasteiger partial charge is 0.522 e. The van der Waals surface area contributed by atoms with Gasteiger partial charge < -0.3 is 24.8 Å². The van der Waals surface area contributed by atoms with Crippen LogP contribution < -0.4 is 20.1 Å². The van der Waals surface area contributed by atoms with E-state index >= 15 is 0 Å². The van der Waals surface area contributed by atoms with Crippen LogP contribution in [0.2, 0.25) is 0 Å². The Hall–Kier alpha value is -3.31. The fourth-order valence-electron chi connectivity index (χ4n) is 4.84. The lowest BCUT2D eigenvalue weighted by Gasteiger charge is -2.18. The quantitative estimate of drug-likeness (QED) is 0.194. The van der Waals surface area contributed by atoms with Gasteiger partial charge in [0, 0.05) is 13.1 Å². The molecule has 2 aromatic rings. The average molecular weight is 695 g/mol. The van der Waals surface area contributed by atoms with Crippen LogP contribution in [0.5, 0.6) is 11.5 Å². The molecule has 0 spiro atoms. The molecule has 0 unspecified atom stereocenters. The number of benzene rings is 2. The molecule has 8 nitrogen and oxygen atoms in total. The average Bonchev–Trinajstić information content (AvgIpc) is 3.79. The van der Waals surface area contributed by atoms with E-state index in [0.29, 0.717) is 36.9 Å². The first kappa shape index (κ1) is 43.7. The molecule has 0 fully saturated rings. The molecule has 278 valence electrons. The lowest BCUT2D eigenvalue weighted by atomic mass is 9.97. The first-order valence-electron chi connectivity index (χ1n) is 17.7. The lowest BCUT2D eigenvalue weighted by molar-refractivity contribution is -0.330. The van der Waals surface area contributed by atoms with Crippen LogP contribution in [0.15, 0.2) is 46.4 Å². The Morgan fingerprint density at radius 2 is 1.08 bits per heavy atom. The molecule has 0 bridgehead atoms. The number of amidine groups is 2. The molecule has 4 rings (SSSR count). The number of halogens is 3. The molecule has 0 amide bonds.